The van der Waals surface area contributed by atoms with Gasteiger partial charge in [0.2, 0.25) is 0 Å². The SMILES string of the molecule is CCc1nc(NS(=O)(=O)c2cnn(C)c2)sc1C. The van der Waals surface area contributed by atoms with Gasteiger partial charge in [-0.2, -0.15) is 5.10 Å². The molecule has 0 atom stereocenters. The summed E-state index contributed by atoms with van der Waals surface area (Å²) in [6.45, 7) is 3.92. The first-order chi connectivity index (χ1) is 8.42. The number of aryl methyl sites for hydroxylation is 3. The third-order valence-corrected chi connectivity index (χ3v) is 4.79. The van der Waals surface area contributed by atoms with Crippen LogP contribution in [0.15, 0.2) is 17.3 Å². The molecule has 0 amide bonds. The Morgan fingerprint density at radius 2 is 2.22 bits per heavy atom. The van der Waals surface area contributed by atoms with E-state index in [0.717, 1.165) is 17.0 Å². The average molecular weight is 286 g/mol. The number of sulfonamides is 1. The predicted octanol–water partition coefficient (Wildman–Crippen LogP) is 1.55. The number of hydrogen-bond donors (Lipinski definition) is 1. The van der Waals surface area contributed by atoms with Crippen LogP contribution < -0.4 is 4.72 Å². The van der Waals surface area contributed by atoms with Crippen molar-refractivity contribution >= 4 is 26.5 Å². The number of anilines is 1. The van der Waals surface area contributed by atoms with Crippen LogP contribution in [0.3, 0.4) is 0 Å². The minimum absolute atomic E-state index is 0.135. The van der Waals surface area contributed by atoms with Crippen molar-refractivity contribution in [1.82, 2.24) is 14.8 Å². The maximum absolute atomic E-state index is 12.0. The van der Waals surface area contributed by atoms with Crippen LogP contribution in [0.25, 0.3) is 0 Å². The molecule has 0 aliphatic carbocycles. The van der Waals surface area contributed by atoms with Gasteiger partial charge < -0.3 is 0 Å². The largest absolute Gasteiger partial charge is 0.274 e. The molecule has 2 aromatic heterocycles. The molecule has 0 saturated heterocycles. The molecule has 0 bridgehead atoms. The van der Waals surface area contributed by atoms with E-state index in [1.54, 1.807) is 7.05 Å². The fourth-order valence-corrected chi connectivity index (χ4v) is 3.63. The Morgan fingerprint density at radius 1 is 1.50 bits per heavy atom. The molecule has 2 rings (SSSR count). The molecule has 6 nitrogen and oxygen atoms in total. The Bertz CT molecular complexity index is 657. The Morgan fingerprint density at radius 3 is 2.72 bits per heavy atom. The highest BCUT2D eigenvalue weighted by atomic mass is 32.2. The summed E-state index contributed by atoms with van der Waals surface area (Å²) >= 11 is 1.34. The number of nitrogens with zero attached hydrogens (tertiary/aromatic N) is 3. The van der Waals surface area contributed by atoms with E-state index in [9.17, 15) is 8.42 Å². The lowest BCUT2D eigenvalue weighted by atomic mass is 10.3. The monoisotopic (exact) mass is 286 g/mol. The van der Waals surface area contributed by atoms with Crippen LogP contribution >= 0.6 is 11.3 Å². The van der Waals surface area contributed by atoms with Crippen LogP contribution in [0.4, 0.5) is 5.13 Å². The molecular formula is C10H14N4O2S2. The lowest BCUT2D eigenvalue weighted by Crippen LogP contribution is -2.12. The van der Waals surface area contributed by atoms with Crippen LogP contribution in [0.5, 0.6) is 0 Å². The summed E-state index contributed by atoms with van der Waals surface area (Å²) in [5, 5.41) is 4.24. The molecule has 2 heterocycles. The second-order valence-electron chi connectivity index (χ2n) is 3.83. The van der Waals surface area contributed by atoms with Gasteiger partial charge in [0.05, 0.1) is 11.9 Å². The molecule has 98 valence electrons. The second-order valence-corrected chi connectivity index (χ2v) is 6.72. The van der Waals surface area contributed by atoms with Crippen LogP contribution in [0.1, 0.15) is 17.5 Å². The summed E-state index contributed by atoms with van der Waals surface area (Å²) in [7, 11) is -1.92. The first-order valence-electron chi connectivity index (χ1n) is 5.40. The van der Waals surface area contributed by atoms with E-state index in [1.165, 1.54) is 28.4 Å². The number of aromatic nitrogens is 3. The fraction of sp³-hybridized carbons (Fsp3) is 0.400. The summed E-state index contributed by atoms with van der Waals surface area (Å²) in [5.74, 6) is 0. The summed E-state index contributed by atoms with van der Waals surface area (Å²) in [5.41, 5.74) is 0.920. The fourth-order valence-electron chi connectivity index (χ4n) is 1.51. The normalized spacial score (nSPS) is 11.7. The zero-order valence-corrected chi connectivity index (χ0v) is 12.0. The topological polar surface area (TPSA) is 76.9 Å². The molecular weight excluding hydrogens is 272 g/mol. The molecule has 1 N–H and O–H groups in total. The first-order valence-corrected chi connectivity index (χ1v) is 7.70. The van der Waals surface area contributed by atoms with Gasteiger partial charge in [0, 0.05) is 18.1 Å². The van der Waals surface area contributed by atoms with Crippen molar-refractivity contribution in [2.45, 2.75) is 25.2 Å². The Labute approximate surface area is 110 Å². The van der Waals surface area contributed by atoms with Gasteiger partial charge in [-0.25, -0.2) is 13.4 Å². The van der Waals surface area contributed by atoms with Gasteiger partial charge in [-0.15, -0.1) is 11.3 Å². The minimum Gasteiger partial charge on any atom is -0.274 e. The van der Waals surface area contributed by atoms with E-state index in [2.05, 4.69) is 14.8 Å². The molecule has 0 aliphatic heterocycles. The van der Waals surface area contributed by atoms with Crippen molar-refractivity contribution in [2.24, 2.45) is 7.05 Å². The van der Waals surface area contributed by atoms with Gasteiger partial charge in [-0.1, -0.05) is 6.92 Å². The van der Waals surface area contributed by atoms with E-state index in [-0.39, 0.29) is 4.90 Å². The molecule has 0 aromatic carbocycles. The van der Waals surface area contributed by atoms with E-state index in [0.29, 0.717) is 5.13 Å². The minimum atomic E-state index is -3.59. The van der Waals surface area contributed by atoms with Crippen molar-refractivity contribution in [2.75, 3.05) is 4.72 Å². The third kappa shape index (κ3) is 2.54. The van der Waals surface area contributed by atoms with Crippen molar-refractivity contribution in [3.8, 4) is 0 Å². The highest BCUT2D eigenvalue weighted by molar-refractivity contribution is 7.93. The number of nitrogens with one attached hydrogen (secondary N) is 1. The predicted molar refractivity (Wildman–Crippen MR) is 70.2 cm³/mol. The van der Waals surface area contributed by atoms with E-state index in [4.69, 9.17) is 0 Å². The molecule has 8 heteroatoms. The summed E-state index contributed by atoms with van der Waals surface area (Å²) in [6, 6.07) is 0. The van der Waals surface area contributed by atoms with Gasteiger partial charge in [0.1, 0.15) is 4.90 Å². The number of rotatable bonds is 4. The molecule has 2 aromatic rings. The average Bonchev–Trinajstić information content (AvgIpc) is 2.84. The molecule has 0 unspecified atom stereocenters. The molecule has 18 heavy (non-hydrogen) atoms. The summed E-state index contributed by atoms with van der Waals surface area (Å²) < 4.78 is 28.0. The van der Waals surface area contributed by atoms with Crippen LogP contribution in [-0.2, 0) is 23.5 Å². The Balaban J connectivity index is 2.27. The Kier molecular flexibility index (Phi) is 3.40. The highest BCUT2D eigenvalue weighted by Gasteiger charge is 2.18. The van der Waals surface area contributed by atoms with Crippen molar-refractivity contribution < 1.29 is 8.42 Å². The third-order valence-electron chi connectivity index (χ3n) is 2.44. The smallest absolute Gasteiger partial charge is 0.266 e. The van der Waals surface area contributed by atoms with Gasteiger partial charge in [-0.05, 0) is 13.3 Å². The van der Waals surface area contributed by atoms with Crippen LogP contribution in [-0.4, -0.2) is 23.2 Å². The van der Waals surface area contributed by atoms with Crippen LogP contribution in [0, 0.1) is 6.92 Å². The summed E-state index contributed by atoms with van der Waals surface area (Å²) in [6.07, 6.45) is 3.55. The van der Waals surface area contributed by atoms with Crippen molar-refractivity contribution in [3.05, 3.63) is 23.0 Å². The molecule has 0 saturated carbocycles. The first kappa shape index (κ1) is 13.0. The maximum atomic E-state index is 12.0. The van der Waals surface area contributed by atoms with Crippen molar-refractivity contribution in [3.63, 3.8) is 0 Å². The lowest BCUT2D eigenvalue weighted by Gasteiger charge is -2.01. The van der Waals surface area contributed by atoms with Gasteiger partial charge in [0.15, 0.2) is 5.13 Å². The number of hydrogen-bond acceptors (Lipinski definition) is 5. The van der Waals surface area contributed by atoms with E-state index in [1.807, 2.05) is 13.8 Å². The quantitative estimate of drug-likeness (QED) is 0.925. The van der Waals surface area contributed by atoms with E-state index < -0.39 is 10.0 Å². The van der Waals surface area contributed by atoms with E-state index >= 15 is 0 Å². The van der Waals surface area contributed by atoms with Gasteiger partial charge in [0.25, 0.3) is 10.0 Å². The zero-order chi connectivity index (χ0) is 13.3. The summed E-state index contributed by atoms with van der Waals surface area (Å²) in [4.78, 5) is 5.41. The maximum Gasteiger partial charge on any atom is 0.266 e. The van der Waals surface area contributed by atoms with Crippen LogP contribution in [0.2, 0.25) is 0 Å². The second kappa shape index (κ2) is 4.69. The highest BCUT2D eigenvalue weighted by Crippen LogP contribution is 2.24. The standard InChI is InChI=1S/C10H14N4O2S2/c1-4-9-7(2)17-10(12-9)13-18(15,16)8-5-11-14(3)6-8/h5-6H,4H2,1-3H3,(H,12,13). The lowest BCUT2D eigenvalue weighted by molar-refractivity contribution is 0.601. The van der Waals surface area contributed by atoms with Gasteiger partial charge in [-0.3, -0.25) is 9.40 Å². The number of thiazole rings is 1. The molecule has 0 aliphatic rings. The van der Waals surface area contributed by atoms with Gasteiger partial charge >= 0.3 is 0 Å². The van der Waals surface area contributed by atoms with Crippen molar-refractivity contribution in [1.29, 1.82) is 0 Å². The molecule has 0 spiro atoms. The molecule has 0 radical (unpaired) electrons. The Hall–Kier alpha value is -1.41. The molecule has 0 fully saturated rings. The zero-order valence-electron chi connectivity index (χ0n) is 10.3.